The first-order valence-electron chi connectivity index (χ1n) is 5.99. The van der Waals surface area contributed by atoms with Gasteiger partial charge in [0.2, 0.25) is 0 Å². The Balaban J connectivity index is 1.93. The molecule has 1 aliphatic rings. The molecule has 4 nitrogen and oxygen atoms in total. The van der Waals surface area contributed by atoms with E-state index in [-0.39, 0.29) is 6.61 Å². The van der Waals surface area contributed by atoms with E-state index in [2.05, 4.69) is 6.07 Å². The van der Waals surface area contributed by atoms with Crippen molar-refractivity contribution >= 4 is 5.97 Å². The Hall–Kier alpha value is -1.55. The van der Waals surface area contributed by atoms with Gasteiger partial charge in [0.1, 0.15) is 18.9 Å². The van der Waals surface area contributed by atoms with E-state index >= 15 is 0 Å². The molecular formula is C13H17NO3. The van der Waals surface area contributed by atoms with E-state index in [1.807, 2.05) is 12.1 Å². The molecule has 92 valence electrons. The fourth-order valence-corrected chi connectivity index (χ4v) is 2.23. The Kier molecular flexibility index (Phi) is 3.98. The molecule has 4 heteroatoms. The van der Waals surface area contributed by atoms with Crippen LogP contribution in [0.2, 0.25) is 0 Å². The number of ether oxygens (including phenoxy) is 1. The van der Waals surface area contributed by atoms with E-state index in [0.717, 1.165) is 6.54 Å². The molecule has 1 heterocycles. The highest BCUT2D eigenvalue weighted by Gasteiger charge is 2.15. The number of benzene rings is 1. The fourth-order valence-electron chi connectivity index (χ4n) is 2.23. The van der Waals surface area contributed by atoms with Gasteiger partial charge in [-0.25, -0.2) is 0 Å². The van der Waals surface area contributed by atoms with Crippen LogP contribution in [0.3, 0.4) is 0 Å². The molecule has 1 aliphatic heterocycles. The molecule has 1 aromatic rings. The summed E-state index contributed by atoms with van der Waals surface area (Å²) >= 11 is 0. The minimum Gasteiger partial charge on any atom is -0.546 e. The molecule has 0 bridgehead atoms. The van der Waals surface area contributed by atoms with Crippen LogP contribution in [0.4, 0.5) is 0 Å². The second-order valence-corrected chi connectivity index (χ2v) is 4.44. The highest BCUT2D eigenvalue weighted by Crippen LogP contribution is 2.12. The summed E-state index contributed by atoms with van der Waals surface area (Å²) in [6, 6.07) is 7.63. The smallest absolute Gasteiger partial charge is 0.128 e. The van der Waals surface area contributed by atoms with Crippen molar-refractivity contribution in [2.45, 2.75) is 19.4 Å². The Morgan fingerprint density at radius 2 is 2.12 bits per heavy atom. The lowest BCUT2D eigenvalue weighted by Crippen LogP contribution is -3.08. The number of hydrogen-bond acceptors (Lipinski definition) is 3. The van der Waals surface area contributed by atoms with E-state index in [1.165, 1.54) is 31.5 Å². The largest absolute Gasteiger partial charge is 0.546 e. The monoisotopic (exact) mass is 235 g/mol. The maximum Gasteiger partial charge on any atom is 0.128 e. The van der Waals surface area contributed by atoms with Crippen molar-refractivity contribution < 1.29 is 19.5 Å². The van der Waals surface area contributed by atoms with Gasteiger partial charge in [-0.15, -0.1) is 0 Å². The van der Waals surface area contributed by atoms with Crippen LogP contribution in [0, 0.1) is 0 Å². The third-order valence-corrected chi connectivity index (χ3v) is 3.02. The average Bonchev–Trinajstić information content (AvgIpc) is 2.80. The van der Waals surface area contributed by atoms with E-state index in [4.69, 9.17) is 4.74 Å². The Labute approximate surface area is 101 Å². The topological polar surface area (TPSA) is 53.8 Å². The van der Waals surface area contributed by atoms with E-state index in [1.54, 1.807) is 11.0 Å². The lowest BCUT2D eigenvalue weighted by molar-refractivity contribution is -0.901. The zero-order valence-corrected chi connectivity index (χ0v) is 9.78. The lowest BCUT2D eigenvalue weighted by Gasteiger charge is -2.13. The van der Waals surface area contributed by atoms with Crippen molar-refractivity contribution in [1.29, 1.82) is 0 Å². The van der Waals surface area contributed by atoms with Gasteiger partial charge < -0.3 is 19.5 Å². The van der Waals surface area contributed by atoms with Crippen LogP contribution in [0.15, 0.2) is 24.3 Å². The summed E-state index contributed by atoms with van der Waals surface area (Å²) in [4.78, 5) is 11.9. The second-order valence-electron chi connectivity index (χ2n) is 4.44. The summed E-state index contributed by atoms with van der Waals surface area (Å²) in [6.45, 7) is 3.05. The van der Waals surface area contributed by atoms with Crippen LogP contribution in [0.25, 0.3) is 0 Å². The van der Waals surface area contributed by atoms with Crippen molar-refractivity contribution in [2.75, 3.05) is 19.7 Å². The zero-order valence-electron chi connectivity index (χ0n) is 9.78. The Morgan fingerprint density at radius 1 is 1.35 bits per heavy atom. The predicted molar refractivity (Wildman–Crippen MR) is 60.6 cm³/mol. The number of carbonyl (C=O) groups is 1. The molecule has 1 aromatic carbocycles. The number of likely N-dealkylation sites (tertiary alicyclic amines) is 1. The molecule has 1 fully saturated rings. The van der Waals surface area contributed by atoms with Gasteiger partial charge in [-0.3, -0.25) is 0 Å². The summed E-state index contributed by atoms with van der Waals surface area (Å²) < 4.78 is 5.10. The van der Waals surface area contributed by atoms with Crippen molar-refractivity contribution in [3.63, 3.8) is 0 Å². The Bertz CT molecular complexity index is 386. The Morgan fingerprint density at radius 3 is 2.82 bits per heavy atom. The number of carbonyl (C=O) groups excluding carboxylic acids is 1. The molecule has 0 radical (unpaired) electrons. The van der Waals surface area contributed by atoms with E-state index < -0.39 is 5.97 Å². The summed E-state index contributed by atoms with van der Waals surface area (Å²) in [5.74, 6) is -0.592. The number of quaternary nitrogens is 1. The van der Waals surface area contributed by atoms with Crippen LogP contribution >= 0.6 is 0 Å². The average molecular weight is 235 g/mol. The van der Waals surface area contributed by atoms with E-state index in [0.29, 0.717) is 5.75 Å². The van der Waals surface area contributed by atoms with Gasteiger partial charge in [-0.1, -0.05) is 12.1 Å². The van der Waals surface area contributed by atoms with Crippen LogP contribution in [-0.2, 0) is 11.3 Å². The quantitative estimate of drug-likeness (QED) is 0.712. The number of hydrogen-bond donors (Lipinski definition) is 1. The number of rotatable bonds is 5. The zero-order chi connectivity index (χ0) is 12.1. The fraction of sp³-hybridized carbons (Fsp3) is 0.462. The second kappa shape index (κ2) is 5.68. The molecule has 2 rings (SSSR count). The third-order valence-electron chi connectivity index (χ3n) is 3.02. The molecule has 0 spiro atoms. The molecular weight excluding hydrogens is 218 g/mol. The molecule has 0 unspecified atom stereocenters. The molecule has 0 aromatic heterocycles. The summed E-state index contributed by atoms with van der Waals surface area (Å²) in [7, 11) is 0. The first-order chi connectivity index (χ1) is 8.24. The first-order valence-corrected chi connectivity index (χ1v) is 5.99. The summed E-state index contributed by atoms with van der Waals surface area (Å²) in [6.07, 6.45) is 2.60. The minimum absolute atomic E-state index is 0.389. The van der Waals surface area contributed by atoms with Gasteiger partial charge in [0.15, 0.2) is 0 Å². The molecule has 0 aliphatic carbocycles. The van der Waals surface area contributed by atoms with Crippen molar-refractivity contribution in [3.8, 4) is 5.75 Å². The van der Waals surface area contributed by atoms with Gasteiger partial charge in [-0.2, -0.15) is 0 Å². The van der Waals surface area contributed by atoms with Crippen molar-refractivity contribution in [1.82, 2.24) is 0 Å². The normalized spacial score (nSPS) is 16.0. The number of carboxylic acid groups (broad SMARTS) is 1. The highest BCUT2D eigenvalue weighted by atomic mass is 16.5. The SMILES string of the molecule is O=C([O-])COc1cccc(C[NH+]2CCCC2)c1. The molecule has 0 amide bonds. The van der Waals surface area contributed by atoms with Crippen LogP contribution in [-0.4, -0.2) is 25.7 Å². The molecule has 1 N–H and O–H groups in total. The van der Waals surface area contributed by atoms with E-state index in [9.17, 15) is 9.90 Å². The number of carboxylic acids is 1. The number of aliphatic carboxylic acids is 1. The maximum absolute atomic E-state index is 10.3. The van der Waals surface area contributed by atoms with Gasteiger partial charge in [0, 0.05) is 18.4 Å². The van der Waals surface area contributed by atoms with Gasteiger partial charge in [0.05, 0.1) is 19.1 Å². The van der Waals surface area contributed by atoms with Crippen LogP contribution < -0.4 is 14.7 Å². The van der Waals surface area contributed by atoms with Crippen molar-refractivity contribution in [2.24, 2.45) is 0 Å². The van der Waals surface area contributed by atoms with Gasteiger partial charge >= 0.3 is 0 Å². The summed E-state index contributed by atoms with van der Waals surface area (Å²) in [5.41, 5.74) is 1.19. The van der Waals surface area contributed by atoms with Gasteiger partial charge in [-0.05, 0) is 12.1 Å². The lowest BCUT2D eigenvalue weighted by atomic mass is 10.2. The van der Waals surface area contributed by atoms with Crippen molar-refractivity contribution in [3.05, 3.63) is 29.8 Å². The van der Waals surface area contributed by atoms with Gasteiger partial charge in [0.25, 0.3) is 0 Å². The standard InChI is InChI=1S/C13H17NO3/c15-13(16)10-17-12-5-3-4-11(8-12)9-14-6-1-2-7-14/h3-5,8H,1-2,6-7,9-10H2,(H,15,16). The van der Waals surface area contributed by atoms with Crippen LogP contribution in [0.1, 0.15) is 18.4 Å². The highest BCUT2D eigenvalue weighted by molar-refractivity contribution is 5.66. The summed E-state index contributed by atoms with van der Waals surface area (Å²) in [5, 5.41) is 10.3. The molecule has 17 heavy (non-hydrogen) atoms. The molecule has 0 atom stereocenters. The minimum atomic E-state index is -1.19. The molecule has 1 saturated heterocycles. The third kappa shape index (κ3) is 3.75. The molecule has 0 saturated carbocycles. The number of nitrogens with one attached hydrogen (secondary N) is 1. The maximum atomic E-state index is 10.3. The first kappa shape index (κ1) is 11.9. The predicted octanol–water partition coefficient (Wildman–Crippen LogP) is -1.01. The van der Waals surface area contributed by atoms with Crippen LogP contribution in [0.5, 0.6) is 5.75 Å².